The molecule has 0 rings (SSSR count). The molecule has 0 aliphatic heterocycles. The SMILES string of the molecule is CCCCC(CC)NC(C)(CO)CO. The zero-order valence-electron chi connectivity index (χ0n) is 9.71. The highest BCUT2D eigenvalue weighted by molar-refractivity contribution is 4.85. The van der Waals surface area contributed by atoms with Crippen LogP contribution >= 0.6 is 0 Å². The Kier molecular flexibility index (Phi) is 7.15. The van der Waals surface area contributed by atoms with Crippen molar-refractivity contribution in [1.82, 2.24) is 5.32 Å². The maximum absolute atomic E-state index is 9.13. The smallest absolute Gasteiger partial charge is 0.0633 e. The Morgan fingerprint density at radius 2 is 1.79 bits per heavy atom. The monoisotopic (exact) mass is 203 g/mol. The van der Waals surface area contributed by atoms with Crippen molar-refractivity contribution >= 4 is 0 Å². The normalized spacial score (nSPS) is 14.4. The Labute approximate surface area is 87.5 Å². The zero-order chi connectivity index (χ0) is 11.0. The van der Waals surface area contributed by atoms with Crippen LogP contribution in [0.3, 0.4) is 0 Å². The first-order valence-electron chi connectivity index (χ1n) is 5.61. The third-order valence-corrected chi connectivity index (χ3v) is 2.65. The van der Waals surface area contributed by atoms with E-state index in [4.69, 9.17) is 10.2 Å². The first-order chi connectivity index (χ1) is 6.61. The fraction of sp³-hybridized carbons (Fsp3) is 1.00. The van der Waals surface area contributed by atoms with Crippen molar-refractivity contribution in [2.24, 2.45) is 0 Å². The van der Waals surface area contributed by atoms with Gasteiger partial charge in [0.05, 0.1) is 18.8 Å². The molecule has 0 bridgehead atoms. The van der Waals surface area contributed by atoms with Gasteiger partial charge in [0, 0.05) is 6.04 Å². The molecular weight excluding hydrogens is 178 g/mol. The van der Waals surface area contributed by atoms with Gasteiger partial charge in [-0.2, -0.15) is 0 Å². The fourth-order valence-electron chi connectivity index (χ4n) is 1.46. The van der Waals surface area contributed by atoms with E-state index in [-0.39, 0.29) is 13.2 Å². The molecule has 0 saturated carbocycles. The predicted molar refractivity (Wildman–Crippen MR) is 59.3 cm³/mol. The van der Waals surface area contributed by atoms with Crippen LogP contribution in [-0.2, 0) is 0 Å². The summed E-state index contributed by atoms with van der Waals surface area (Å²) in [6, 6.07) is 0.402. The quantitative estimate of drug-likeness (QED) is 0.557. The molecule has 0 aliphatic carbocycles. The lowest BCUT2D eigenvalue weighted by molar-refractivity contribution is 0.0917. The Morgan fingerprint density at radius 1 is 1.21 bits per heavy atom. The average Bonchev–Trinajstić information content (AvgIpc) is 2.23. The molecule has 3 nitrogen and oxygen atoms in total. The van der Waals surface area contributed by atoms with Gasteiger partial charge in [-0.15, -0.1) is 0 Å². The molecule has 0 spiro atoms. The number of hydrogen-bond acceptors (Lipinski definition) is 3. The molecular formula is C11H25NO2. The Bertz CT molecular complexity index is 135. The second-order valence-corrected chi connectivity index (χ2v) is 4.27. The van der Waals surface area contributed by atoms with E-state index in [0.717, 1.165) is 12.8 Å². The van der Waals surface area contributed by atoms with Crippen LogP contribution in [0.2, 0.25) is 0 Å². The summed E-state index contributed by atoms with van der Waals surface area (Å²) in [6.07, 6.45) is 4.53. The number of aliphatic hydroxyl groups excluding tert-OH is 2. The van der Waals surface area contributed by atoms with Gasteiger partial charge in [0.1, 0.15) is 0 Å². The van der Waals surface area contributed by atoms with Crippen molar-refractivity contribution in [3.05, 3.63) is 0 Å². The topological polar surface area (TPSA) is 52.5 Å². The molecule has 0 fully saturated rings. The average molecular weight is 203 g/mol. The zero-order valence-corrected chi connectivity index (χ0v) is 9.71. The highest BCUT2D eigenvalue weighted by Crippen LogP contribution is 2.10. The van der Waals surface area contributed by atoms with Gasteiger partial charge < -0.3 is 15.5 Å². The Hall–Kier alpha value is -0.120. The second-order valence-electron chi connectivity index (χ2n) is 4.27. The van der Waals surface area contributed by atoms with E-state index in [9.17, 15) is 0 Å². The molecule has 0 saturated heterocycles. The van der Waals surface area contributed by atoms with Gasteiger partial charge in [-0.25, -0.2) is 0 Å². The summed E-state index contributed by atoms with van der Waals surface area (Å²) >= 11 is 0. The minimum atomic E-state index is -0.533. The van der Waals surface area contributed by atoms with Crippen LogP contribution in [0, 0.1) is 0 Å². The number of aliphatic hydroxyl groups is 2. The van der Waals surface area contributed by atoms with E-state index >= 15 is 0 Å². The van der Waals surface area contributed by atoms with Crippen molar-refractivity contribution in [3.63, 3.8) is 0 Å². The van der Waals surface area contributed by atoms with Crippen molar-refractivity contribution in [2.45, 2.75) is 58.0 Å². The number of rotatable bonds is 8. The minimum absolute atomic E-state index is 0.0217. The van der Waals surface area contributed by atoms with Crippen LogP contribution in [0.5, 0.6) is 0 Å². The van der Waals surface area contributed by atoms with Gasteiger partial charge in [-0.1, -0.05) is 26.7 Å². The summed E-state index contributed by atoms with van der Waals surface area (Å²) in [7, 11) is 0. The Morgan fingerprint density at radius 3 is 2.14 bits per heavy atom. The van der Waals surface area contributed by atoms with Crippen molar-refractivity contribution in [1.29, 1.82) is 0 Å². The lowest BCUT2D eigenvalue weighted by atomic mass is 10.00. The summed E-state index contributed by atoms with van der Waals surface area (Å²) in [6.45, 7) is 6.10. The van der Waals surface area contributed by atoms with E-state index in [1.807, 2.05) is 6.92 Å². The molecule has 3 heteroatoms. The first kappa shape index (κ1) is 13.9. The second kappa shape index (κ2) is 7.21. The Balaban J connectivity index is 4.00. The lowest BCUT2D eigenvalue weighted by Gasteiger charge is -2.31. The maximum atomic E-state index is 9.13. The molecule has 0 radical (unpaired) electrons. The molecule has 0 aromatic carbocycles. The molecule has 14 heavy (non-hydrogen) atoms. The predicted octanol–water partition coefficient (Wildman–Crippen LogP) is 1.29. The van der Waals surface area contributed by atoms with Gasteiger partial charge in [0.15, 0.2) is 0 Å². The molecule has 1 unspecified atom stereocenters. The van der Waals surface area contributed by atoms with Crippen LogP contribution in [0.15, 0.2) is 0 Å². The van der Waals surface area contributed by atoms with Crippen LogP contribution < -0.4 is 5.32 Å². The highest BCUT2D eigenvalue weighted by Gasteiger charge is 2.24. The minimum Gasteiger partial charge on any atom is -0.394 e. The third-order valence-electron chi connectivity index (χ3n) is 2.65. The van der Waals surface area contributed by atoms with Crippen LogP contribution in [0.1, 0.15) is 46.5 Å². The molecule has 1 atom stereocenters. The van der Waals surface area contributed by atoms with E-state index in [2.05, 4.69) is 19.2 Å². The first-order valence-corrected chi connectivity index (χ1v) is 5.61. The standard InChI is InChI=1S/C11H25NO2/c1-4-6-7-10(5-2)12-11(3,8-13)9-14/h10,12-14H,4-9H2,1-3H3. The van der Waals surface area contributed by atoms with Crippen LogP contribution in [0.25, 0.3) is 0 Å². The molecule has 0 aromatic heterocycles. The number of unbranched alkanes of at least 4 members (excludes halogenated alkanes) is 1. The summed E-state index contributed by atoms with van der Waals surface area (Å²) in [4.78, 5) is 0. The molecule has 0 aliphatic rings. The van der Waals surface area contributed by atoms with Gasteiger partial charge in [0.25, 0.3) is 0 Å². The van der Waals surface area contributed by atoms with Crippen molar-refractivity contribution < 1.29 is 10.2 Å². The van der Waals surface area contributed by atoms with Gasteiger partial charge in [0.2, 0.25) is 0 Å². The maximum Gasteiger partial charge on any atom is 0.0633 e. The molecule has 86 valence electrons. The molecule has 0 amide bonds. The van der Waals surface area contributed by atoms with Crippen molar-refractivity contribution in [3.8, 4) is 0 Å². The van der Waals surface area contributed by atoms with Crippen LogP contribution in [-0.4, -0.2) is 35.0 Å². The van der Waals surface area contributed by atoms with Gasteiger partial charge in [-0.3, -0.25) is 0 Å². The van der Waals surface area contributed by atoms with E-state index in [1.165, 1.54) is 12.8 Å². The van der Waals surface area contributed by atoms with Crippen LogP contribution in [0.4, 0.5) is 0 Å². The number of hydrogen-bond donors (Lipinski definition) is 3. The largest absolute Gasteiger partial charge is 0.394 e. The van der Waals surface area contributed by atoms with Gasteiger partial charge >= 0.3 is 0 Å². The lowest BCUT2D eigenvalue weighted by Crippen LogP contribution is -2.53. The fourth-order valence-corrected chi connectivity index (χ4v) is 1.46. The van der Waals surface area contributed by atoms with E-state index in [0.29, 0.717) is 6.04 Å². The van der Waals surface area contributed by atoms with Crippen molar-refractivity contribution in [2.75, 3.05) is 13.2 Å². The summed E-state index contributed by atoms with van der Waals surface area (Å²) < 4.78 is 0. The summed E-state index contributed by atoms with van der Waals surface area (Å²) in [5, 5.41) is 21.6. The summed E-state index contributed by atoms with van der Waals surface area (Å²) in [5.41, 5.74) is -0.533. The summed E-state index contributed by atoms with van der Waals surface area (Å²) in [5.74, 6) is 0. The number of nitrogens with one attached hydrogen (secondary N) is 1. The third kappa shape index (κ3) is 4.94. The highest BCUT2D eigenvalue weighted by atomic mass is 16.3. The molecule has 0 aromatic rings. The molecule has 0 heterocycles. The van der Waals surface area contributed by atoms with E-state index in [1.54, 1.807) is 0 Å². The van der Waals surface area contributed by atoms with E-state index < -0.39 is 5.54 Å². The van der Waals surface area contributed by atoms with Gasteiger partial charge in [-0.05, 0) is 19.8 Å². The molecule has 3 N–H and O–H groups in total.